The molecule has 0 saturated carbocycles. The minimum absolute atomic E-state index is 0.0373. The van der Waals surface area contributed by atoms with Crippen molar-refractivity contribution in [2.75, 3.05) is 6.61 Å². The van der Waals surface area contributed by atoms with Crippen molar-refractivity contribution in [3.05, 3.63) is 26.6 Å². The predicted molar refractivity (Wildman–Crippen MR) is 80.0 cm³/mol. The van der Waals surface area contributed by atoms with Crippen molar-refractivity contribution < 1.29 is 17.9 Å². The van der Waals surface area contributed by atoms with Crippen LogP contribution in [0.25, 0.3) is 0 Å². The highest BCUT2D eigenvalue weighted by Crippen LogP contribution is 2.35. The fourth-order valence-electron chi connectivity index (χ4n) is 1.37. The van der Waals surface area contributed by atoms with E-state index in [1.807, 2.05) is 20.8 Å². The summed E-state index contributed by atoms with van der Waals surface area (Å²) < 4.78 is 42.3. The Morgan fingerprint density at radius 3 is 2.00 bits per heavy atom. The lowest BCUT2D eigenvalue weighted by Crippen LogP contribution is -2.35. The van der Waals surface area contributed by atoms with E-state index in [9.17, 15) is 13.2 Å². The monoisotopic (exact) mass is 417 g/mol. The van der Waals surface area contributed by atoms with Gasteiger partial charge in [0.2, 0.25) is 0 Å². The minimum atomic E-state index is -4.36. The number of hydrogen-bond donors (Lipinski definition) is 1. The van der Waals surface area contributed by atoms with Gasteiger partial charge in [-0.15, -0.1) is 0 Å². The summed E-state index contributed by atoms with van der Waals surface area (Å²) in [5.41, 5.74) is 0.905. The maximum absolute atomic E-state index is 12.2. The third-order valence-electron chi connectivity index (χ3n) is 2.26. The standard InChI is InChI=1S/C13H16Br2F3NO/c1-12(2,3)19-6-8-4-9(14)11(10(15)5-8)20-7-13(16,17)18/h4-5,19H,6-7H2,1-3H3. The van der Waals surface area contributed by atoms with Crippen LogP contribution >= 0.6 is 31.9 Å². The summed E-state index contributed by atoms with van der Waals surface area (Å²) in [6, 6.07) is 3.49. The van der Waals surface area contributed by atoms with Crippen molar-refractivity contribution in [1.82, 2.24) is 5.32 Å². The molecule has 0 aromatic heterocycles. The van der Waals surface area contributed by atoms with E-state index in [4.69, 9.17) is 4.74 Å². The van der Waals surface area contributed by atoms with E-state index >= 15 is 0 Å². The molecule has 0 fully saturated rings. The first-order chi connectivity index (χ1) is 8.98. The predicted octanol–water partition coefficient (Wildman–Crippen LogP) is 5.04. The van der Waals surface area contributed by atoms with Crippen molar-refractivity contribution in [3.8, 4) is 5.75 Å². The van der Waals surface area contributed by atoms with Gasteiger partial charge in [0.05, 0.1) is 8.95 Å². The average Bonchev–Trinajstić information content (AvgIpc) is 2.22. The van der Waals surface area contributed by atoms with Crippen molar-refractivity contribution in [2.24, 2.45) is 0 Å². The molecule has 2 nitrogen and oxygen atoms in total. The summed E-state index contributed by atoms with van der Waals surface area (Å²) in [5, 5.41) is 3.31. The first kappa shape index (κ1) is 17.8. The van der Waals surface area contributed by atoms with Crippen molar-refractivity contribution in [3.63, 3.8) is 0 Å². The van der Waals surface area contributed by atoms with Gasteiger partial charge in [0.25, 0.3) is 0 Å². The van der Waals surface area contributed by atoms with Gasteiger partial charge in [-0.05, 0) is 70.3 Å². The Kier molecular flexibility index (Phi) is 5.92. The molecule has 1 N–H and O–H groups in total. The van der Waals surface area contributed by atoms with Gasteiger partial charge in [-0.1, -0.05) is 0 Å². The van der Waals surface area contributed by atoms with Crippen LogP contribution in [0.2, 0.25) is 0 Å². The normalized spacial score (nSPS) is 12.6. The number of benzene rings is 1. The molecule has 1 rings (SSSR count). The maximum Gasteiger partial charge on any atom is 0.422 e. The Morgan fingerprint density at radius 1 is 1.10 bits per heavy atom. The summed E-state index contributed by atoms with van der Waals surface area (Å²) in [4.78, 5) is 0. The van der Waals surface area contributed by atoms with Crippen LogP contribution in [0.3, 0.4) is 0 Å². The fourth-order valence-corrected chi connectivity index (χ4v) is 2.88. The lowest BCUT2D eigenvalue weighted by atomic mass is 10.1. The molecule has 0 spiro atoms. The van der Waals surface area contributed by atoms with Crippen LogP contribution in [0, 0.1) is 0 Å². The first-order valence-electron chi connectivity index (χ1n) is 5.90. The van der Waals surface area contributed by atoms with Gasteiger partial charge in [-0.3, -0.25) is 0 Å². The summed E-state index contributed by atoms with van der Waals surface area (Å²) >= 11 is 6.47. The molecule has 0 radical (unpaired) electrons. The van der Waals surface area contributed by atoms with Crippen LogP contribution in [0.4, 0.5) is 13.2 Å². The zero-order chi connectivity index (χ0) is 15.6. The maximum atomic E-state index is 12.2. The quantitative estimate of drug-likeness (QED) is 0.739. The topological polar surface area (TPSA) is 21.3 Å². The molecule has 0 heterocycles. The van der Waals surface area contributed by atoms with Crippen LogP contribution in [-0.2, 0) is 6.54 Å². The van der Waals surface area contributed by atoms with Crippen molar-refractivity contribution >= 4 is 31.9 Å². The Balaban J connectivity index is 2.81. The van der Waals surface area contributed by atoms with Crippen LogP contribution in [0.15, 0.2) is 21.1 Å². The van der Waals surface area contributed by atoms with Crippen LogP contribution in [0.5, 0.6) is 5.75 Å². The van der Waals surface area contributed by atoms with Gasteiger partial charge < -0.3 is 10.1 Å². The molecule has 0 saturated heterocycles. The van der Waals surface area contributed by atoms with Gasteiger partial charge in [-0.2, -0.15) is 13.2 Å². The Bertz CT molecular complexity index is 447. The largest absolute Gasteiger partial charge is 0.482 e. The highest BCUT2D eigenvalue weighted by Gasteiger charge is 2.29. The van der Waals surface area contributed by atoms with E-state index in [0.717, 1.165) is 5.56 Å². The summed E-state index contributed by atoms with van der Waals surface area (Å²) in [6.45, 7) is 5.41. The van der Waals surface area contributed by atoms with Crippen molar-refractivity contribution in [2.45, 2.75) is 39.0 Å². The third-order valence-corrected chi connectivity index (χ3v) is 3.44. The molecule has 0 atom stereocenters. The van der Waals surface area contributed by atoms with Crippen LogP contribution in [0.1, 0.15) is 26.3 Å². The fraction of sp³-hybridized carbons (Fsp3) is 0.538. The molecule has 0 aliphatic heterocycles. The molecule has 0 amide bonds. The van der Waals surface area contributed by atoms with Crippen molar-refractivity contribution in [1.29, 1.82) is 0 Å². The molecule has 114 valence electrons. The molecule has 0 bridgehead atoms. The van der Waals surface area contributed by atoms with E-state index in [1.165, 1.54) is 0 Å². The summed E-state index contributed by atoms with van der Waals surface area (Å²) in [5.74, 6) is 0.154. The lowest BCUT2D eigenvalue weighted by molar-refractivity contribution is -0.153. The van der Waals surface area contributed by atoms with Crippen LogP contribution < -0.4 is 10.1 Å². The number of hydrogen-bond acceptors (Lipinski definition) is 2. The second kappa shape index (κ2) is 6.66. The lowest BCUT2D eigenvalue weighted by Gasteiger charge is -2.21. The van der Waals surface area contributed by atoms with E-state index in [0.29, 0.717) is 15.5 Å². The molecule has 0 aliphatic rings. The summed E-state index contributed by atoms with van der Waals surface area (Å²) in [7, 11) is 0. The molecule has 20 heavy (non-hydrogen) atoms. The summed E-state index contributed by atoms with van der Waals surface area (Å²) in [6.07, 6.45) is -4.36. The SMILES string of the molecule is CC(C)(C)NCc1cc(Br)c(OCC(F)(F)F)c(Br)c1. The minimum Gasteiger partial charge on any atom is -0.482 e. The second-order valence-electron chi connectivity index (χ2n) is 5.40. The Labute approximate surface area is 133 Å². The molecule has 1 aromatic rings. The number of rotatable bonds is 4. The number of alkyl halides is 3. The van der Waals surface area contributed by atoms with Gasteiger partial charge in [0.15, 0.2) is 6.61 Å². The number of ether oxygens (including phenoxy) is 1. The van der Waals surface area contributed by atoms with E-state index < -0.39 is 12.8 Å². The Morgan fingerprint density at radius 2 is 1.60 bits per heavy atom. The zero-order valence-corrected chi connectivity index (χ0v) is 14.5. The van der Waals surface area contributed by atoms with E-state index in [-0.39, 0.29) is 11.3 Å². The van der Waals surface area contributed by atoms with E-state index in [2.05, 4.69) is 37.2 Å². The van der Waals surface area contributed by atoms with Gasteiger partial charge in [-0.25, -0.2) is 0 Å². The molecular formula is C13H16Br2F3NO. The second-order valence-corrected chi connectivity index (χ2v) is 7.10. The Hall–Kier alpha value is -0.270. The molecular weight excluding hydrogens is 403 g/mol. The van der Waals surface area contributed by atoms with Gasteiger partial charge in [0, 0.05) is 12.1 Å². The molecule has 0 aliphatic carbocycles. The highest BCUT2D eigenvalue weighted by atomic mass is 79.9. The number of nitrogens with one attached hydrogen (secondary N) is 1. The first-order valence-corrected chi connectivity index (χ1v) is 7.49. The van der Waals surface area contributed by atoms with E-state index in [1.54, 1.807) is 12.1 Å². The molecule has 7 heteroatoms. The molecule has 1 aromatic carbocycles. The third kappa shape index (κ3) is 6.45. The highest BCUT2D eigenvalue weighted by molar-refractivity contribution is 9.11. The van der Waals surface area contributed by atoms with Gasteiger partial charge in [0.1, 0.15) is 5.75 Å². The van der Waals surface area contributed by atoms with Crippen LogP contribution in [-0.4, -0.2) is 18.3 Å². The number of halogens is 5. The van der Waals surface area contributed by atoms with Gasteiger partial charge >= 0.3 is 6.18 Å². The average molecular weight is 419 g/mol. The smallest absolute Gasteiger partial charge is 0.422 e. The molecule has 0 unspecified atom stereocenters. The zero-order valence-electron chi connectivity index (χ0n) is 11.4.